The number of aromatic nitrogens is 3. The van der Waals surface area contributed by atoms with Crippen LogP contribution in [0.5, 0.6) is 0 Å². The van der Waals surface area contributed by atoms with Gasteiger partial charge in [-0.1, -0.05) is 0 Å². The fraction of sp³-hybridized carbons (Fsp3) is 0. The van der Waals surface area contributed by atoms with Crippen molar-refractivity contribution in [2.75, 3.05) is 0 Å². The summed E-state index contributed by atoms with van der Waals surface area (Å²) in [6.07, 6.45) is 0. The summed E-state index contributed by atoms with van der Waals surface area (Å²) in [5, 5.41) is 10.6. The molecule has 23 heavy (non-hydrogen) atoms. The Bertz CT molecular complexity index is 958. The lowest BCUT2D eigenvalue weighted by Crippen LogP contribution is -1.95. The molecule has 0 unspecified atom stereocenters. The maximum absolute atomic E-state index is 14.8. The smallest absolute Gasteiger partial charge is 0.170 e. The van der Waals surface area contributed by atoms with Crippen LogP contribution in [-0.4, -0.2) is 15.4 Å². The second-order valence-corrected chi connectivity index (χ2v) is 9.53. The highest BCUT2D eigenvalue weighted by Gasteiger charge is 2.26. The standard InChI is InChI=1S/C14H5Br2F2N3S2/c15-7-3-1-5(22-7)9-11(17)12(18)10(6-2-4-8(16)23-6)14-13(9)19-21-20-14/h1-4H,(H,19,20,21). The minimum absolute atomic E-state index is 0.126. The van der Waals surface area contributed by atoms with Gasteiger partial charge < -0.3 is 0 Å². The molecule has 3 aromatic heterocycles. The molecule has 4 aromatic rings. The van der Waals surface area contributed by atoms with Crippen molar-refractivity contribution in [2.45, 2.75) is 0 Å². The molecule has 0 aliphatic heterocycles. The van der Waals surface area contributed by atoms with Crippen molar-refractivity contribution in [3.05, 3.63) is 43.5 Å². The van der Waals surface area contributed by atoms with E-state index >= 15 is 0 Å². The number of fused-ring (bicyclic) bond motifs is 1. The van der Waals surface area contributed by atoms with Crippen molar-refractivity contribution >= 4 is 65.6 Å². The quantitative estimate of drug-likeness (QED) is 0.373. The highest BCUT2D eigenvalue weighted by Crippen LogP contribution is 2.43. The van der Waals surface area contributed by atoms with Crippen LogP contribution in [0.25, 0.3) is 31.9 Å². The molecule has 3 nitrogen and oxygen atoms in total. The Morgan fingerprint density at radius 1 is 0.783 bits per heavy atom. The van der Waals surface area contributed by atoms with E-state index in [1.165, 1.54) is 22.7 Å². The molecule has 0 radical (unpaired) electrons. The van der Waals surface area contributed by atoms with Gasteiger partial charge in [0.25, 0.3) is 0 Å². The second kappa shape index (κ2) is 5.73. The van der Waals surface area contributed by atoms with Crippen molar-refractivity contribution in [2.24, 2.45) is 0 Å². The monoisotopic (exact) mass is 475 g/mol. The summed E-state index contributed by atoms with van der Waals surface area (Å²) in [7, 11) is 0. The van der Waals surface area contributed by atoms with Crippen molar-refractivity contribution < 1.29 is 8.78 Å². The summed E-state index contributed by atoms with van der Waals surface area (Å²) in [5.41, 5.74) is 0.887. The molecule has 0 saturated heterocycles. The highest BCUT2D eigenvalue weighted by atomic mass is 79.9. The van der Waals surface area contributed by atoms with Gasteiger partial charge in [-0.25, -0.2) is 8.78 Å². The van der Waals surface area contributed by atoms with E-state index in [4.69, 9.17) is 0 Å². The Morgan fingerprint density at radius 3 is 1.57 bits per heavy atom. The SMILES string of the molecule is Fc1c(F)c(-c2ccc(Br)s2)c2n[nH]nc2c1-c1ccc(Br)s1. The van der Waals surface area contributed by atoms with E-state index < -0.39 is 11.6 Å². The summed E-state index contributed by atoms with van der Waals surface area (Å²) in [6.45, 7) is 0. The van der Waals surface area contributed by atoms with Gasteiger partial charge in [0, 0.05) is 9.75 Å². The van der Waals surface area contributed by atoms with Crippen LogP contribution in [0.15, 0.2) is 31.8 Å². The fourth-order valence-electron chi connectivity index (χ4n) is 2.35. The number of thiophene rings is 2. The maximum atomic E-state index is 14.8. The molecule has 0 aliphatic carbocycles. The molecular formula is C14H5Br2F2N3S2. The first kappa shape index (κ1) is 15.4. The summed E-state index contributed by atoms with van der Waals surface area (Å²) in [6, 6.07) is 7.02. The lowest BCUT2D eigenvalue weighted by atomic mass is 10.0. The van der Waals surface area contributed by atoms with Crippen molar-refractivity contribution in [1.29, 1.82) is 0 Å². The summed E-state index contributed by atoms with van der Waals surface area (Å²) >= 11 is 9.29. The Balaban J connectivity index is 2.09. The van der Waals surface area contributed by atoms with Crippen LogP contribution in [0.1, 0.15) is 0 Å². The largest absolute Gasteiger partial charge is 0.203 e. The van der Waals surface area contributed by atoms with Gasteiger partial charge in [-0.3, -0.25) is 0 Å². The van der Waals surface area contributed by atoms with E-state index in [1.54, 1.807) is 24.3 Å². The minimum atomic E-state index is -0.916. The van der Waals surface area contributed by atoms with E-state index in [2.05, 4.69) is 47.3 Å². The normalized spacial score (nSPS) is 11.5. The fourth-order valence-corrected chi connectivity index (χ4v) is 5.21. The molecule has 0 aliphatic rings. The number of halogens is 4. The molecule has 0 atom stereocenters. The second-order valence-electron chi connectivity index (χ2n) is 4.61. The molecule has 0 saturated carbocycles. The molecule has 1 aromatic carbocycles. The first-order valence-corrected chi connectivity index (χ1v) is 9.51. The highest BCUT2D eigenvalue weighted by molar-refractivity contribution is 9.11. The first-order valence-electron chi connectivity index (χ1n) is 6.29. The van der Waals surface area contributed by atoms with Crippen LogP contribution < -0.4 is 0 Å². The Hall–Kier alpha value is -1.16. The van der Waals surface area contributed by atoms with Crippen molar-refractivity contribution in [1.82, 2.24) is 15.4 Å². The predicted molar refractivity (Wildman–Crippen MR) is 95.8 cm³/mol. The predicted octanol–water partition coefficient (Wildman–Crippen LogP) is 6.22. The summed E-state index contributed by atoms with van der Waals surface area (Å²) in [4.78, 5) is 1.18. The average molecular weight is 477 g/mol. The number of nitrogens with zero attached hydrogens (tertiary/aromatic N) is 2. The molecular weight excluding hydrogens is 472 g/mol. The molecule has 4 rings (SSSR count). The van der Waals surface area contributed by atoms with E-state index in [0.717, 1.165) is 7.57 Å². The average Bonchev–Trinajstić information content (AvgIpc) is 3.23. The van der Waals surface area contributed by atoms with Crippen molar-refractivity contribution in [3.63, 3.8) is 0 Å². The maximum Gasteiger partial charge on any atom is 0.170 e. The Labute approximate surface area is 153 Å². The molecule has 0 amide bonds. The van der Waals surface area contributed by atoms with Gasteiger partial charge in [0.05, 0.1) is 18.7 Å². The van der Waals surface area contributed by atoms with Crippen LogP contribution in [0.4, 0.5) is 8.78 Å². The van der Waals surface area contributed by atoms with Gasteiger partial charge in [0.1, 0.15) is 11.0 Å². The number of benzene rings is 1. The van der Waals surface area contributed by atoms with Gasteiger partial charge >= 0.3 is 0 Å². The van der Waals surface area contributed by atoms with Crippen LogP contribution in [0, 0.1) is 11.6 Å². The minimum Gasteiger partial charge on any atom is -0.203 e. The van der Waals surface area contributed by atoms with Gasteiger partial charge in [-0.05, 0) is 56.1 Å². The molecule has 3 heterocycles. The molecule has 0 fully saturated rings. The molecule has 0 bridgehead atoms. The van der Waals surface area contributed by atoms with Crippen LogP contribution >= 0.6 is 54.5 Å². The van der Waals surface area contributed by atoms with Crippen LogP contribution in [0.2, 0.25) is 0 Å². The van der Waals surface area contributed by atoms with Gasteiger partial charge in [-0.2, -0.15) is 15.4 Å². The number of hydrogen-bond donors (Lipinski definition) is 1. The topological polar surface area (TPSA) is 41.6 Å². The van der Waals surface area contributed by atoms with E-state index in [0.29, 0.717) is 20.8 Å². The summed E-state index contributed by atoms with van der Waals surface area (Å²) < 4.78 is 31.2. The van der Waals surface area contributed by atoms with E-state index in [9.17, 15) is 8.78 Å². The van der Waals surface area contributed by atoms with E-state index in [-0.39, 0.29) is 11.1 Å². The molecule has 9 heteroatoms. The van der Waals surface area contributed by atoms with Crippen molar-refractivity contribution in [3.8, 4) is 20.9 Å². The number of nitrogens with one attached hydrogen (secondary N) is 1. The molecule has 0 spiro atoms. The number of H-pyrrole nitrogens is 1. The number of rotatable bonds is 2. The number of hydrogen-bond acceptors (Lipinski definition) is 4. The van der Waals surface area contributed by atoms with Gasteiger partial charge in [0.15, 0.2) is 11.6 Å². The third-order valence-corrected chi connectivity index (χ3v) is 6.57. The van der Waals surface area contributed by atoms with E-state index in [1.807, 2.05) is 0 Å². The molecule has 116 valence electrons. The molecule has 1 N–H and O–H groups in total. The lowest BCUT2D eigenvalue weighted by Gasteiger charge is -2.07. The van der Waals surface area contributed by atoms with Gasteiger partial charge in [0.2, 0.25) is 0 Å². The summed E-state index contributed by atoms with van der Waals surface area (Å²) in [5.74, 6) is -1.83. The van der Waals surface area contributed by atoms with Crippen LogP contribution in [0.3, 0.4) is 0 Å². The zero-order valence-electron chi connectivity index (χ0n) is 11.0. The first-order chi connectivity index (χ1) is 11.1. The third-order valence-electron chi connectivity index (χ3n) is 3.29. The number of aromatic amines is 1. The lowest BCUT2D eigenvalue weighted by molar-refractivity contribution is 0.516. The zero-order chi connectivity index (χ0) is 16.1. The Morgan fingerprint density at radius 2 is 1.22 bits per heavy atom. The van der Waals surface area contributed by atoms with Crippen LogP contribution in [-0.2, 0) is 0 Å². The third kappa shape index (κ3) is 2.46. The zero-order valence-corrected chi connectivity index (χ0v) is 15.8. The Kier molecular flexibility index (Phi) is 3.83. The van der Waals surface area contributed by atoms with Gasteiger partial charge in [-0.15, -0.1) is 22.7 Å².